The number of aromatic nitrogens is 2. The van der Waals surface area contributed by atoms with Gasteiger partial charge in [-0.05, 0) is 13.0 Å². The van der Waals surface area contributed by atoms with Gasteiger partial charge in [-0.25, -0.2) is 0 Å². The van der Waals surface area contributed by atoms with Gasteiger partial charge in [0.05, 0.1) is 12.5 Å². The van der Waals surface area contributed by atoms with Crippen molar-refractivity contribution in [1.29, 1.82) is 0 Å². The molecule has 1 aromatic rings. The second-order valence-corrected chi connectivity index (χ2v) is 5.20. The van der Waals surface area contributed by atoms with Gasteiger partial charge in [0.2, 0.25) is 5.91 Å². The van der Waals surface area contributed by atoms with Crippen LogP contribution in [0.5, 0.6) is 0 Å². The zero-order valence-corrected chi connectivity index (χ0v) is 12.7. The first kappa shape index (κ1) is 15.5. The summed E-state index contributed by atoms with van der Waals surface area (Å²) >= 11 is 0. The molecule has 2 amide bonds. The monoisotopic (exact) mass is 294 g/mol. The van der Waals surface area contributed by atoms with Gasteiger partial charge < -0.3 is 15.0 Å². The van der Waals surface area contributed by atoms with E-state index in [1.54, 1.807) is 36.0 Å². The van der Waals surface area contributed by atoms with Crippen LogP contribution in [-0.2, 0) is 16.1 Å². The summed E-state index contributed by atoms with van der Waals surface area (Å²) in [4.78, 5) is 26.1. The largest absolute Gasteiger partial charge is 0.384 e. The van der Waals surface area contributed by atoms with Crippen molar-refractivity contribution in [3.8, 4) is 0 Å². The number of nitrogens with zero attached hydrogens (tertiary/aromatic N) is 3. The van der Waals surface area contributed by atoms with Crippen LogP contribution in [0.25, 0.3) is 0 Å². The topological polar surface area (TPSA) is 76.5 Å². The van der Waals surface area contributed by atoms with Crippen LogP contribution in [0.2, 0.25) is 0 Å². The Bertz CT molecular complexity index is 514. The molecule has 1 fully saturated rings. The molecule has 1 aliphatic heterocycles. The molecular formula is C14H22N4O3. The van der Waals surface area contributed by atoms with Gasteiger partial charge in [-0.2, -0.15) is 5.10 Å². The molecule has 0 aliphatic carbocycles. The molecule has 21 heavy (non-hydrogen) atoms. The Balaban J connectivity index is 2.10. The number of amides is 2. The number of hydrogen-bond acceptors (Lipinski definition) is 4. The highest BCUT2D eigenvalue weighted by Crippen LogP contribution is 2.25. The highest BCUT2D eigenvalue weighted by Gasteiger charge is 2.39. The number of carbonyl (C=O) groups is 2. The molecule has 1 aliphatic rings. The average Bonchev–Trinajstić information content (AvgIpc) is 3.13. The van der Waals surface area contributed by atoms with Crippen molar-refractivity contribution in [1.82, 2.24) is 20.0 Å². The van der Waals surface area contributed by atoms with Crippen LogP contribution in [0, 0.1) is 11.8 Å². The van der Waals surface area contributed by atoms with Gasteiger partial charge in [-0.1, -0.05) is 0 Å². The SMILES string of the molecule is CCn1ccc(C(=O)N2C[C@@H](COC)[C@H](C(=O)NC)C2)n1. The Kier molecular flexibility index (Phi) is 4.95. The molecule has 0 unspecified atom stereocenters. The zero-order valence-electron chi connectivity index (χ0n) is 12.7. The summed E-state index contributed by atoms with van der Waals surface area (Å²) in [6, 6.07) is 1.71. The summed E-state index contributed by atoms with van der Waals surface area (Å²) in [6.45, 7) is 4.08. The minimum Gasteiger partial charge on any atom is -0.384 e. The number of ether oxygens (including phenoxy) is 1. The fraction of sp³-hybridized carbons (Fsp3) is 0.643. The number of aryl methyl sites for hydroxylation is 1. The number of hydrogen-bond donors (Lipinski definition) is 1. The number of carbonyl (C=O) groups excluding carboxylic acids is 2. The molecule has 0 aromatic carbocycles. The summed E-state index contributed by atoms with van der Waals surface area (Å²) in [6.07, 6.45) is 1.78. The predicted octanol–water partition coefficient (Wildman–Crippen LogP) is -0.0164. The quantitative estimate of drug-likeness (QED) is 0.828. The molecule has 1 N–H and O–H groups in total. The van der Waals surface area contributed by atoms with Crippen LogP contribution in [0.4, 0.5) is 0 Å². The van der Waals surface area contributed by atoms with Crippen molar-refractivity contribution in [2.45, 2.75) is 13.5 Å². The molecule has 0 saturated carbocycles. The lowest BCUT2D eigenvalue weighted by molar-refractivity contribution is -0.125. The van der Waals surface area contributed by atoms with E-state index in [-0.39, 0.29) is 23.7 Å². The van der Waals surface area contributed by atoms with Gasteiger partial charge in [-0.3, -0.25) is 14.3 Å². The van der Waals surface area contributed by atoms with E-state index >= 15 is 0 Å². The van der Waals surface area contributed by atoms with E-state index < -0.39 is 0 Å². The first-order chi connectivity index (χ1) is 10.1. The Hall–Kier alpha value is -1.89. The summed E-state index contributed by atoms with van der Waals surface area (Å²) in [5, 5.41) is 6.88. The fourth-order valence-electron chi connectivity index (χ4n) is 2.72. The van der Waals surface area contributed by atoms with E-state index in [1.165, 1.54) is 0 Å². The number of nitrogens with one attached hydrogen (secondary N) is 1. The van der Waals surface area contributed by atoms with Crippen LogP contribution in [0.1, 0.15) is 17.4 Å². The highest BCUT2D eigenvalue weighted by atomic mass is 16.5. The summed E-state index contributed by atoms with van der Waals surface area (Å²) < 4.78 is 6.88. The second kappa shape index (κ2) is 6.71. The van der Waals surface area contributed by atoms with Gasteiger partial charge in [0.25, 0.3) is 5.91 Å². The molecule has 0 spiro atoms. The Labute approximate surface area is 124 Å². The van der Waals surface area contributed by atoms with Crippen molar-refractivity contribution in [2.75, 3.05) is 33.9 Å². The normalized spacial score (nSPS) is 21.6. The van der Waals surface area contributed by atoms with Crippen molar-refractivity contribution in [2.24, 2.45) is 11.8 Å². The third-order valence-corrected chi connectivity index (χ3v) is 3.88. The molecule has 116 valence electrons. The van der Waals surface area contributed by atoms with Crippen molar-refractivity contribution in [3.05, 3.63) is 18.0 Å². The standard InChI is InChI=1S/C14H22N4O3/c1-4-18-6-5-12(16-18)14(20)17-7-10(9-21-3)11(8-17)13(19)15-2/h5-6,10-11H,4,7-9H2,1-3H3,(H,15,19)/t10-,11+/m0/s1. The highest BCUT2D eigenvalue weighted by molar-refractivity contribution is 5.93. The van der Waals surface area contributed by atoms with Crippen molar-refractivity contribution >= 4 is 11.8 Å². The van der Waals surface area contributed by atoms with E-state index in [9.17, 15) is 9.59 Å². The molecule has 7 heteroatoms. The molecule has 2 rings (SSSR count). The molecular weight excluding hydrogens is 272 g/mol. The maximum absolute atomic E-state index is 12.5. The van der Waals surface area contributed by atoms with Gasteiger partial charge in [-0.15, -0.1) is 0 Å². The Morgan fingerprint density at radius 1 is 1.48 bits per heavy atom. The van der Waals surface area contributed by atoms with Gasteiger partial charge in [0.15, 0.2) is 0 Å². The number of likely N-dealkylation sites (tertiary alicyclic amines) is 1. The average molecular weight is 294 g/mol. The second-order valence-electron chi connectivity index (χ2n) is 5.20. The third-order valence-electron chi connectivity index (χ3n) is 3.88. The molecule has 2 heterocycles. The minimum atomic E-state index is -0.229. The van der Waals surface area contributed by atoms with Gasteiger partial charge >= 0.3 is 0 Å². The minimum absolute atomic E-state index is 0.0205. The van der Waals surface area contributed by atoms with Crippen LogP contribution in [0.15, 0.2) is 12.3 Å². The lowest BCUT2D eigenvalue weighted by atomic mass is 9.96. The molecule has 2 atom stereocenters. The summed E-state index contributed by atoms with van der Waals surface area (Å²) in [5.74, 6) is -0.388. The third kappa shape index (κ3) is 3.24. The zero-order chi connectivity index (χ0) is 15.4. The van der Waals surface area contributed by atoms with Crippen LogP contribution in [-0.4, -0.2) is 60.3 Å². The van der Waals surface area contributed by atoms with E-state index in [4.69, 9.17) is 4.74 Å². The smallest absolute Gasteiger partial charge is 0.274 e. The van der Waals surface area contributed by atoms with Gasteiger partial charge in [0.1, 0.15) is 5.69 Å². The summed E-state index contributed by atoms with van der Waals surface area (Å²) in [5.41, 5.74) is 0.422. The first-order valence-corrected chi connectivity index (χ1v) is 7.14. The number of methoxy groups -OCH3 is 1. The molecule has 7 nitrogen and oxygen atoms in total. The molecule has 1 aromatic heterocycles. The maximum Gasteiger partial charge on any atom is 0.274 e. The van der Waals surface area contributed by atoms with Crippen molar-refractivity contribution in [3.63, 3.8) is 0 Å². The lowest BCUT2D eigenvalue weighted by Crippen LogP contribution is -2.34. The summed E-state index contributed by atoms with van der Waals surface area (Å²) in [7, 11) is 3.22. The Morgan fingerprint density at radius 2 is 2.24 bits per heavy atom. The molecule has 1 saturated heterocycles. The van der Waals surface area contributed by atoms with Crippen LogP contribution < -0.4 is 5.32 Å². The number of rotatable bonds is 5. The van der Waals surface area contributed by atoms with Crippen LogP contribution >= 0.6 is 0 Å². The van der Waals surface area contributed by atoms with Crippen molar-refractivity contribution < 1.29 is 14.3 Å². The first-order valence-electron chi connectivity index (χ1n) is 7.14. The van der Waals surface area contributed by atoms with E-state index in [1.807, 2.05) is 6.92 Å². The fourth-order valence-corrected chi connectivity index (χ4v) is 2.72. The van der Waals surface area contributed by atoms with Crippen LogP contribution in [0.3, 0.4) is 0 Å². The molecule has 0 radical (unpaired) electrons. The van der Waals surface area contributed by atoms with Gasteiger partial charge in [0, 0.05) is 45.9 Å². The predicted molar refractivity (Wildman–Crippen MR) is 76.7 cm³/mol. The Morgan fingerprint density at radius 3 is 2.81 bits per heavy atom. The molecule has 0 bridgehead atoms. The van der Waals surface area contributed by atoms with E-state index in [2.05, 4.69) is 10.4 Å². The van der Waals surface area contributed by atoms with E-state index in [0.717, 1.165) is 6.54 Å². The van der Waals surface area contributed by atoms with E-state index in [0.29, 0.717) is 25.4 Å². The lowest BCUT2D eigenvalue weighted by Gasteiger charge is -2.14. The maximum atomic E-state index is 12.5.